The molecule has 6 nitrogen and oxygen atoms in total. The van der Waals surface area contributed by atoms with Crippen molar-refractivity contribution < 1.29 is 9.05 Å². The second kappa shape index (κ2) is 6.44. The van der Waals surface area contributed by atoms with Gasteiger partial charge in [-0.25, -0.2) is 0 Å². The summed E-state index contributed by atoms with van der Waals surface area (Å²) in [7, 11) is 0. The monoisotopic (exact) mass is 308 g/mol. The van der Waals surface area contributed by atoms with Gasteiger partial charge in [-0.3, -0.25) is 0 Å². The molecule has 3 rings (SSSR count). The largest absolute Gasteiger partial charge is 0.339 e. The molecule has 0 unspecified atom stereocenters. The zero-order valence-electron chi connectivity index (χ0n) is 13.0. The highest BCUT2D eigenvalue weighted by molar-refractivity contribution is 5.56. The van der Waals surface area contributed by atoms with Crippen LogP contribution in [0.15, 0.2) is 33.3 Å². The Hall–Kier alpha value is -2.94. The number of benzene rings is 1. The zero-order chi connectivity index (χ0) is 16.2. The minimum absolute atomic E-state index is 0.244. The number of terminal acetylenes is 1. The van der Waals surface area contributed by atoms with Gasteiger partial charge in [-0.05, 0) is 24.3 Å². The van der Waals surface area contributed by atoms with Crippen molar-refractivity contribution in [2.75, 3.05) is 0 Å². The molecule has 0 radical (unpaired) electrons. The normalized spacial score (nSPS) is 10.9. The van der Waals surface area contributed by atoms with E-state index in [0.29, 0.717) is 36.3 Å². The van der Waals surface area contributed by atoms with Crippen molar-refractivity contribution in [2.45, 2.75) is 32.6 Å². The summed E-state index contributed by atoms with van der Waals surface area (Å²) >= 11 is 0. The first kappa shape index (κ1) is 15.0. The van der Waals surface area contributed by atoms with Crippen molar-refractivity contribution in [1.82, 2.24) is 20.3 Å². The smallest absolute Gasteiger partial charge is 0.227 e. The molecule has 0 aliphatic carbocycles. The molecule has 0 fully saturated rings. The molecule has 23 heavy (non-hydrogen) atoms. The Labute approximate surface area is 133 Å². The zero-order valence-corrected chi connectivity index (χ0v) is 13.0. The van der Waals surface area contributed by atoms with Crippen molar-refractivity contribution in [2.24, 2.45) is 0 Å². The molecular weight excluding hydrogens is 292 g/mol. The molecule has 0 atom stereocenters. The molecule has 0 N–H and O–H groups in total. The Balaban J connectivity index is 1.65. The summed E-state index contributed by atoms with van der Waals surface area (Å²) in [6, 6.07) is 7.43. The van der Waals surface area contributed by atoms with Crippen molar-refractivity contribution in [3.05, 3.63) is 47.4 Å². The summed E-state index contributed by atoms with van der Waals surface area (Å²) in [5, 5.41) is 7.91. The molecule has 0 amide bonds. The molecule has 2 heterocycles. The second-order valence-electron chi connectivity index (χ2n) is 5.43. The Bertz CT molecular complexity index is 825. The highest BCUT2D eigenvalue weighted by Gasteiger charge is 2.13. The topological polar surface area (TPSA) is 77.8 Å². The minimum atomic E-state index is 0.244. The van der Waals surface area contributed by atoms with E-state index < -0.39 is 0 Å². The van der Waals surface area contributed by atoms with E-state index in [-0.39, 0.29) is 5.92 Å². The van der Waals surface area contributed by atoms with E-state index >= 15 is 0 Å². The first-order valence-electron chi connectivity index (χ1n) is 7.38. The third-order valence-corrected chi connectivity index (χ3v) is 3.33. The van der Waals surface area contributed by atoms with Gasteiger partial charge in [-0.1, -0.05) is 30.1 Å². The van der Waals surface area contributed by atoms with Gasteiger partial charge in [0, 0.05) is 29.9 Å². The van der Waals surface area contributed by atoms with Gasteiger partial charge in [0.25, 0.3) is 0 Å². The molecule has 0 spiro atoms. The first-order valence-corrected chi connectivity index (χ1v) is 7.38. The third kappa shape index (κ3) is 3.46. The van der Waals surface area contributed by atoms with Gasteiger partial charge in [0.1, 0.15) is 0 Å². The molecule has 6 heteroatoms. The average Bonchev–Trinajstić information content (AvgIpc) is 3.22. The lowest BCUT2D eigenvalue weighted by atomic mass is 10.1. The summed E-state index contributed by atoms with van der Waals surface area (Å²) < 4.78 is 10.5. The summed E-state index contributed by atoms with van der Waals surface area (Å²) in [4.78, 5) is 8.70. The van der Waals surface area contributed by atoms with Crippen LogP contribution in [0.1, 0.15) is 42.9 Å². The summed E-state index contributed by atoms with van der Waals surface area (Å²) in [6.07, 6.45) is 6.46. The molecule has 0 saturated heterocycles. The van der Waals surface area contributed by atoms with Crippen molar-refractivity contribution in [3.63, 3.8) is 0 Å². The van der Waals surface area contributed by atoms with Gasteiger partial charge in [0.15, 0.2) is 5.82 Å². The maximum atomic E-state index is 5.34. The Kier molecular flexibility index (Phi) is 4.20. The lowest BCUT2D eigenvalue weighted by molar-refractivity contribution is 0.351. The van der Waals surface area contributed by atoms with E-state index in [1.54, 1.807) is 0 Å². The van der Waals surface area contributed by atoms with Crippen molar-refractivity contribution in [3.8, 4) is 23.7 Å². The van der Waals surface area contributed by atoms with Crippen molar-refractivity contribution in [1.29, 1.82) is 0 Å². The van der Waals surface area contributed by atoms with Crippen molar-refractivity contribution >= 4 is 0 Å². The fourth-order valence-corrected chi connectivity index (χ4v) is 2.01. The van der Waals surface area contributed by atoms with E-state index in [1.165, 1.54) is 0 Å². The van der Waals surface area contributed by atoms with Crippen LogP contribution in [0.4, 0.5) is 0 Å². The third-order valence-electron chi connectivity index (χ3n) is 3.33. The number of rotatable bonds is 5. The van der Waals surface area contributed by atoms with E-state index in [1.807, 2.05) is 38.1 Å². The summed E-state index contributed by atoms with van der Waals surface area (Å²) in [5.41, 5.74) is 1.67. The molecule has 3 aromatic rings. The van der Waals surface area contributed by atoms with Gasteiger partial charge >= 0.3 is 0 Å². The van der Waals surface area contributed by atoms with Gasteiger partial charge in [-0.2, -0.15) is 9.97 Å². The van der Waals surface area contributed by atoms with E-state index in [0.717, 1.165) is 11.1 Å². The predicted octanol–water partition coefficient (Wildman–Crippen LogP) is 3.01. The molecule has 1 aromatic carbocycles. The molecule has 0 bridgehead atoms. The van der Waals surface area contributed by atoms with Crippen LogP contribution < -0.4 is 0 Å². The van der Waals surface area contributed by atoms with Crippen LogP contribution in [0.3, 0.4) is 0 Å². The average molecular weight is 308 g/mol. The minimum Gasteiger partial charge on any atom is -0.339 e. The number of aryl methyl sites for hydroxylation is 2. The second-order valence-corrected chi connectivity index (χ2v) is 5.43. The van der Waals surface area contributed by atoms with Crippen LogP contribution in [0.2, 0.25) is 0 Å². The van der Waals surface area contributed by atoms with Gasteiger partial charge in [0.2, 0.25) is 17.6 Å². The summed E-state index contributed by atoms with van der Waals surface area (Å²) in [5.74, 6) is 5.17. The van der Waals surface area contributed by atoms with Crippen LogP contribution in [-0.2, 0) is 12.8 Å². The molecule has 2 aromatic heterocycles. The van der Waals surface area contributed by atoms with E-state index in [9.17, 15) is 0 Å². The van der Waals surface area contributed by atoms with Gasteiger partial charge in [-0.15, -0.1) is 6.42 Å². The van der Waals surface area contributed by atoms with Gasteiger partial charge < -0.3 is 9.05 Å². The quantitative estimate of drug-likeness (QED) is 0.674. The Morgan fingerprint density at radius 3 is 2.26 bits per heavy atom. The Morgan fingerprint density at radius 2 is 1.65 bits per heavy atom. The fourth-order valence-electron chi connectivity index (χ4n) is 2.01. The maximum absolute atomic E-state index is 5.34. The van der Waals surface area contributed by atoms with Crippen LogP contribution in [0.5, 0.6) is 0 Å². The SMILES string of the molecule is C#Cc1ccc(-c2noc(CCc3nc(C(C)C)no3)n2)cc1. The fraction of sp³-hybridized carbons (Fsp3) is 0.294. The molecule has 0 saturated carbocycles. The molecular formula is C17H16N4O2. The van der Waals surface area contributed by atoms with Crippen LogP contribution in [0, 0.1) is 12.3 Å². The molecule has 0 aliphatic rings. The van der Waals surface area contributed by atoms with E-state index in [2.05, 4.69) is 26.2 Å². The molecule has 116 valence electrons. The molecule has 0 aliphatic heterocycles. The van der Waals surface area contributed by atoms with Crippen LogP contribution in [0.25, 0.3) is 11.4 Å². The Morgan fingerprint density at radius 1 is 1.00 bits per heavy atom. The van der Waals surface area contributed by atoms with Crippen LogP contribution in [-0.4, -0.2) is 20.3 Å². The number of aromatic nitrogens is 4. The lowest BCUT2D eigenvalue weighted by Crippen LogP contribution is -1.94. The van der Waals surface area contributed by atoms with Gasteiger partial charge in [0.05, 0.1) is 0 Å². The predicted molar refractivity (Wildman–Crippen MR) is 83.5 cm³/mol. The lowest BCUT2D eigenvalue weighted by Gasteiger charge is -1.94. The first-order chi connectivity index (χ1) is 11.2. The number of hydrogen-bond acceptors (Lipinski definition) is 6. The number of hydrogen-bond donors (Lipinski definition) is 0. The highest BCUT2D eigenvalue weighted by Crippen LogP contribution is 2.17. The number of nitrogens with zero attached hydrogens (tertiary/aromatic N) is 4. The van der Waals surface area contributed by atoms with E-state index in [4.69, 9.17) is 15.5 Å². The standard InChI is InChI=1S/C17H16N4O2/c1-4-12-5-7-13(8-6-12)17-19-15(23-21-17)10-9-14-18-16(11(2)3)20-22-14/h1,5-8,11H,9-10H2,2-3H3. The highest BCUT2D eigenvalue weighted by atomic mass is 16.5. The summed E-state index contributed by atoms with van der Waals surface area (Å²) in [6.45, 7) is 4.04. The maximum Gasteiger partial charge on any atom is 0.227 e. The van der Waals surface area contributed by atoms with Crippen LogP contribution >= 0.6 is 0 Å².